The second kappa shape index (κ2) is 9.09. The number of ether oxygens (including phenoxy) is 1. The number of carbonyl (C=O) groups excluding carboxylic acids is 3. The van der Waals surface area contributed by atoms with E-state index in [1.54, 1.807) is 0 Å². The maximum Gasteiger partial charge on any atom is 0.306 e. The van der Waals surface area contributed by atoms with Gasteiger partial charge in [0.25, 0.3) is 0 Å². The Morgan fingerprint density at radius 1 is 1.09 bits per heavy atom. The molecule has 6 heteroatoms. The average Bonchev–Trinajstić information content (AvgIpc) is 3.44. The van der Waals surface area contributed by atoms with Crippen LogP contribution in [0.4, 0.5) is 0 Å². The average molecular weight is 487 g/mol. The number of carbonyl (C=O) groups is 3. The summed E-state index contributed by atoms with van der Waals surface area (Å²) < 4.78 is 6.31. The lowest BCUT2D eigenvalue weighted by molar-refractivity contribution is -0.196. The summed E-state index contributed by atoms with van der Waals surface area (Å²) >= 11 is 0. The molecule has 0 amide bonds. The normalized spacial score (nSPS) is 43.2. The van der Waals surface area contributed by atoms with E-state index < -0.39 is 29.5 Å². The fourth-order valence-electron chi connectivity index (χ4n) is 9.20. The van der Waals surface area contributed by atoms with Gasteiger partial charge in [-0.3, -0.25) is 14.4 Å². The number of allylic oxidation sites excluding steroid dienone is 1. The smallest absolute Gasteiger partial charge is 0.306 e. The molecule has 4 saturated carbocycles. The van der Waals surface area contributed by atoms with Crippen molar-refractivity contribution in [2.75, 3.05) is 6.61 Å². The Morgan fingerprint density at radius 3 is 2.54 bits per heavy atom. The number of aliphatic hydroxyl groups is 2. The van der Waals surface area contributed by atoms with Crippen LogP contribution in [0.15, 0.2) is 11.6 Å². The molecule has 0 aromatic heterocycles. The minimum Gasteiger partial charge on any atom is -0.462 e. The van der Waals surface area contributed by atoms with Crippen LogP contribution in [-0.4, -0.2) is 46.1 Å². The molecule has 0 saturated heterocycles. The van der Waals surface area contributed by atoms with Crippen LogP contribution in [0.1, 0.15) is 97.3 Å². The van der Waals surface area contributed by atoms with E-state index in [1.807, 2.05) is 13.0 Å². The molecule has 2 N–H and O–H groups in total. The lowest BCUT2D eigenvalue weighted by Gasteiger charge is -2.61. The molecule has 5 aliphatic rings. The van der Waals surface area contributed by atoms with Gasteiger partial charge in [-0.2, -0.15) is 0 Å². The van der Waals surface area contributed by atoms with E-state index >= 15 is 0 Å². The van der Waals surface area contributed by atoms with Crippen molar-refractivity contribution in [2.24, 2.45) is 34.5 Å². The molecular weight excluding hydrogens is 444 g/mol. The molecule has 5 rings (SSSR count). The standard InChI is InChI=1S/C29H42O6/c1-27-13-11-20(31)15-19(27)8-9-21-22-12-14-29(34,24(32)17-30)28(22,2)16-23(26(21)27)35-25(33)10-7-18-5-3-4-6-18/h15,18,21-23,26,30,34H,3-14,16-17H2,1-2H3/t21-,22-,23-,26+,27-,28-,29-/m0/s1. The third kappa shape index (κ3) is 3.94. The predicted molar refractivity (Wildman–Crippen MR) is 130 cm³/mol. The number of Topliss-reactive ketones (excluding diaryl/α,β-unsaturated/α-hetero) is 1. The fraction of sp³-hybridized carbons (Fsp3) is 0.828. The zero-order valence-electron chi connectivity index (χ0n) is 21.4. The highest BCUT2D eigenvalue weighted by molar-refractivity contribution is 5.92. The molecule has 7 atom stereocenters. The fourth-order valence-corrected chi connectivity index (χ4v) is 9.20. The molecule has 0 aromatic rings. The van der Waals surface area contributed by atoms with Crippen LogP contribution in [0.2, 0.25) is 0 Å². The van der Waals surface area contributed by atoms with Crippen molar-refractivity contribution >= 4 is 17.5 Å². The number of esters is 1. The quantitative estimate of drug-likeness (QED) is 0.543. The van der Waals surface area contributed by atoms with E-state index in [-0.39, 0.29) is 34.9 Å². The molecule has 4 fully saturated rings. The largest absolute Gasteiger partial charge is 0.462 e. The molecule has 0 aliphatic heterocycles. The van der Waals surface area contributed by atoms with Crippen LogP contribution in [0.25, 0.3) is 0 Å². The van der Waals surface area contributed by atoms with Crippen LogP contribution in [0.3, 0.4) is 0 Å². The molecular formula is C29H42O6. The summed E-state index contributed by atoms with van der Waals surface area (Å²) in [4.78, 5) is 38.2. The van der Waals surface area contributed by atoms with Crippen molar-refractivity contribution in [3.63, 3.8) is 0 Å². The van der Waals surface area contributed by atoms with Gasteiger partial charge in [0.15, 0.2) is 11.6 Å². The van der Waals surface area contributed by atoms with E-state index in [0.29, 0.717) is 31.6 Å². The van der Waals surface area contributed by atoms with Crippen LogP contribution in [0.5, 0.6) is 0 Å². The van der Waals surface area contributed by atoms with Gasteiger partial charge in [0.1, 0.15) is 18.3 Å². The number of rotatable bonds is 6. The van der Waals surface area contributed by atoms with Gasteiger partial charge in [-0.15, -0.1) is 0 Å². The summed E-state index contributed by atoms with van der Waals surface area (Å²) in [6, 6.07) is 0. The van der Waals surface area contributed by atoms with Crippen molar-refractivity contribution in [1.82, 2.24) is 0 Å². The summed E-state index contributed by atoms with van der Waals surface area (Å²) in [5, 5.41) is 21.3. The number of hydrogen-bond acceptors (Lipinski definition) is 6. The van der Waals surface area contributed by atoms with Gasteiger partial charge in [0.05, 0.1) is 0 Å². The van der Waals surface area contributed by atoms with Crippen molar-refractivity contribution in [1.29, 1.82) is 0 Å². The lowest BCUT2D eigenvalue weighted by atomic mass is 9.45. The van der Waals surface area contributed by atoms with Gasteiger partial charge >= 0.3 is 5.97 Å². The van der Waals surface area contributed by atoms with Gasteiger partial charge in [0.2, 0.25) is 0 Å². The van der Waals surface area contributed by atoms with Crippen LogP contribution >= 0.6 is 0 Å². The molecule has 35 heavy (non-hydrogen) atoms. The first kappa shape index (κ1) is 25.1. The van der Waals surface area contributed by atoms with E-state index in [0.717, 1.165) is 32.1 Å². The molecule has 0 unspecified atom stereocenters. The van der Waals surface area contributed by atoms with Crippen molar-refractivity contribution in [3.05, 3.63) is 11.6 Å². The van der Waals surface area contributed by atoms with Gasteiger partial charge in [-0.25, -0.2) is 0 Å². The highest BCUT2D eigenvalue weighted by Crippen LogP contribution is 2.68. The first-order chi connectivity index (χ1) is 16.6. The molecule has 0 heterocycles. The molecule has 0 spiro atoms. The SMILES string of the molecule is C[C@]12CCC(=O)C=C1CC[C@@H]1[C@@H]2[C@@H](OC(=O)CCC2CCCC2)C[C@@]2(C)[C@H]1CC[C@]2(O)C(=O)CO. The first-order valence-electron chi connectivity index (χ1n) is 13.9. The molecule has 0 radical (unpaired) electrons. The summed E-state index contributed by atoms with van der Waals surface area (Å²) in [7, 11) is 0. The maximum absolute atomic E-state index is 13.1. The van der Waals surface area contributed by atoms with Crippen molar-refractivity contribution in [2.45, 2.75) is 109 Å². The predicted octanol–water partition coefficient (Wildman–Crippen LogP) is 4.30. The van der Waals surface area contributed by atoms with E-state index in [9.17, 15) is 24.6 Å². The third-order valence-electron chi connectivity index (χ3n) is 11.1. The Kier molecular flexibility index (Phi) is 6.53. The van der Waals surface area contributed by atoms with Gasteiger partial charge in [0, 0.05) is 24.2 Å². The molecule has 6 nitrogen and oxygen atoms in total. The number of hydrogen-bond donors (Lipinski definition) is 2. The van der Waals surface area contributed by atoms with Crippen molar-refractivity contribution < 1.29 is 29.3 Å². The summed E-state index contributed by atoms with van der Waals surface area (Å²) in [6.45, 7) is 3.54. The lowest BCUT2D eigenvalue weighted by Crippen LogP contribution is -2.62. The second-order valence-electron chi connectivity index (χ2n) is 12.7. The van der Waals surface area contributed by atoms with Gasteiger partial charge in [-0.05, 0) is 74.2 Å². The number of aliphatic hydroxyl groups excluding tert-OH is 1. The van der Waals surface area contributed by atoms with Gasteiger partial charge < -0.3 is 14.9 Å². The molecule has 0 aromatic carbocycles. The van der Waals surface area contributed by atoms with E-state index in [2.05, 4.69) is 6.92 Å². The molecule has 5 aliphatic carbocycles. The highest BCUT2D eigenvalue weighted by Gasteiger charge is 2.69. The van der Waals surface area contributed by atoms with E-state index in [4.69, 9.17) is 4.74 Å². The highest BCUT2D eigenvalue weighted by atomic mass is 16.5. The van der Waals surface area contributed by atoms with E-state index in [1.165, 1.54) is 31.3 Å². The Bertz CT molecular complexity index is 918. The third-order valence-corrected chi connectivity index (χ3v) is 11.1. The Labute approximate surface area is 208 Å². The molecule has 194 valence electrons. The number of fused-ring (bicyclic) bond motifs is 5. The van der Waals surface area contributed by atoms with Gasteiger partial charge in [-0.1, -0.05) is 45.1 Å². The Balaban J connectivity index is 1.46. The summed E-state index contributed by atoms with van der Waals surface area (Å²) in [5.41, 5.74) is -1.36. The maximum atomic E-state index is 13.1. The summed E-state index contributed by atoms with van der Waals surface area (Å²) in [5.74, 6) is 0.509. The summed E-state index contributed by atoms with van der Waals surface area (Å²) in [6.07, 6.45) is 12.1. The van der Waals surface area contributed by atoms with Crippen molar-refractivity contribution in [3.8, 4) is 0 Å². The Hall–Kier alpha value is -1.53. The zero-order chi connectivity index (χ0) is 25.0. The first-order valence-corrected chi connectivity index (χ1v) is 13.9. The second-order valence-corrected chi connectivity index (χ2v) is 12.7. The van der Waals surface area contributed by atoms with Crippen LogP contribution < -0.4 is 0 Å². The zero-order valence-corrected chi connectivity index (χ0v) is 21.4. The topological polar surface area (TPSA) is 101 Å². The minimum absolute atomic E-state index is 0.0793. The molecule has 0 bridgehead atoms. The minimum atomic E-state index is -1.59. The van der Waals surface area contributed by atoms with Crippen LogP contribution in [0, 0.1) is 34.5 Å². The monoisotopic (exact) mass is 486 g/mol. The van der Waals surface area contributed by atoms with Crippen LogP contribution in [-0.2, 0) is 19.1 Å². The number of ketones is 2. The Morgan fingerprint density at radius 2 is 1.83 bits per heavy atom.